The maximum absolute atomic E-state index is 6.74. The minimum atomic E-state index is 0.583. The highest BCUT2D eigenvalue weighted by atomic mass is 16.3. The maximum Gasteiger partial charge on any atom is 0.164 e. The lowest BCUT2D eigenvalue weighted by Crippen LogP contribution is -2.00. The normalized spacial score (nSPS) is 11.5. The molecule has 290 valence electrons. The second-order valence-electron chi connectivity index (χ2n) is 15.6. The summed E-state index contributed by atoms with van der Waals surface area (Å²) in [5.74, 6) is 1.81. The Hall–Kier alpha value is -8.41. The van der Waals surface area contributed by atoms with Crippen molar-refractivity contribution in [2.75, 3.05) is 0 Å². The van der Waals surface area contributed by atoms with Gasteiger partial charge in [0.2, 0.25) is 0 Å². The molecule has 0 bridgehead atoms. The van der Waals surface area contributed by atoms with Gasteiger partial charge in [0.1, 0.15) is 11.2 Å². The van der Waals surface area contributed by atoms with Crippen LogP contribution in [0.4, 0.5) is 0 Å². The van der Waals surface area contributed by atoms with Gasteiger partial charge in [0.15, 0.2) is 17.5 Å². The Balaban J connectivity index is 0.954. The summed E-state index contributed by atoms with van der Waals surface area (Å²) in [6, 6.07) is 76.4. The molecule has 0 radical (unpaired) electrons. The molecule has 3 heterocycles. The molecule has 0 saturated carbocycles. The zero-order chi connectivity index (χ0) is 41.0. The lowest BCUT2D eigenvalue weighted by molar-refractivity contribution is 0.669. The highest BCUT2D eigenvalue weighted by molar-refractivity contribution is 6.17. The van der Waals surface area contributed by atoms with Crippen molar-refractivity contribution in [2.45, 2.75) is 0 Å². The molecule has 12 aromatic rings. The van der Waals surface area contributed by atoms with E-state index in [0.717, 1.165) is 66.5 Å². The average Bonchev–Trinajstić information content (AvgIpc) is 3.88. The fourth-order valence-corrected chi connectivity index (χ4v) is 8.79. The lowest BCUT2D eigenvalue weighted by atomic mass is 9.99. The summed E-state index contributed by atoms with van der Waals surface area (Å²) in [6.45, 7) is 0. The molecule has 0 amide bonds. The van der Waals surface area contributed by atoms with E-state index in [1.54, 1.807) is 0 Å². The number of hydrogen-bond donors (Lipinski definition) is 0. The van der Waals surface area contributed by atoms with Gasteiger partial charge in [-0.2, -0.15) is 0 Å². The number of benzene rings is 9. The van der Waals surface area contributed by atoms with Crippen LogP contribution in [0.15, 0.2) is 223 Å². The van der Waals surface area contributed by atoms with Crippen LogP contribution >= 0.6 is 0 Å². The molecular formula is C57H36N4O. The van der Waals surface area contributed by atoms with Gasteiger partial charge in [0, 0.05) is 50.0 Å². The van der Waals surface area contributed by atoms with Crippen LogP contribution in [0.1, 0.15) is 0 Å². The molecular weight excluding hydrogens is 757 g/mol. The first kappa shape index (κ1) is 35.5. The van der Waals surface area contributed by atoms with Gasteiger partial charge in [-0.1, -0.05) is 164 Å². The third-order valence-corrected chi connectivity index (χ3v) is 11.8. The molecule has 0 unspecified atom stereocenters. The fraction of sp³-hybridized carbons (Fsp3) is 0. The van der Waals surface area contributed by atoms with Gasteiger partial charge in [-0.3, -0.25) is 0 Å². The van der Waals surface area contributed by atoms with Crippen molar-refractivity contribution in [3.05, 3.63) is 218 Å². The van der Waals surface area contributed by atoms with Crippen LogP contribution in [-0.4, -0.2) is 19.5 Å². The first-order valence-electron chi connectivity index (χ1n) is 20.8. The van der Waals surface area contributed by atoms with E-state index < -0.39 is 0 Å². The number of fused-ring (bicyclic) bond motifs is 6. The molecule has 0 spiro atoms. The zero-order valence-electron chi connectivity index (χ0n) is 33.5. The Labute approximate surface area is 357 Å². The number of nitrogens with zero attached hydrogens (tertiary/aromatic N) is 4. The number of rotatable bonds is 7. The maximum atomic E-state index is 6.74. The van der Waals surface area contributed by atoms with Crippen molar-refractivity contribution in [3.8, 4) is 73.2 Å². The number of aromatic nitrogens is 4. The minimum absolute atomic E-state index is 0.583. The van der Waals surface area contributed by atoms with Crippen LogP contribution in [0, 0.1) is 0 Å². The van der Waals surface area contributed by atoms with Crippen LogP contribution in [-0.2, 0) is 0 Å². The first-order valence-corrected chi connectivity index (χ1v) is 20.8. The number of hydrogen-bond acceptors (Lipinski definition) is 4. The predicted molar refractivity (Wildman–Crippen MR) is 254 cm³/mol. The van der Waals surface area contributed by atoms with Gasteiger partial charge in [0.05, 0.1) is 11.0 Å². The average molecular weight is 793 g/mol. The zero-order valence-corrected chi connectivity index (χ0v) is 33.5. The van der Waals surface area contributed by atoms with E-state index >= 15 is 0 Å². The summed E-state index contributed by atoms with van der Waals surface area (Å²) in [5.41, 5.74) is 14.6. The smallest absolute Gasteiger partial charge is 0.164 e. The molecule has 5 nitrogen and oxygen atoms in total. The highest BCUT2D eigenvalue weighted by Crippen LogP contribution is 2.40. The lowest BCUT2D eigenvalue weighted by Gasteiger charge is -2.10. The summed E-state index contributed by atoms with van der Waals surface area (Å²) >= 11 is 0. The van der Waals surface area contributed by atoms with Crippen LogP contribution in [0.3, 0.4) is 0 Å². The van der Waals surface area contributed by atoms with E-state index in [9.17, 15) is 0 Å². The van der Waals surface area contributed by atoms with Crippen molar-refractivity contribution < 1.29 is 4.42 Å². The largest absolute Gasteiger partial charge is 0.456 e. The molecule has 62 heavy (non-hydrogen) atoms. The van der Waals surface area contributed by atoms with E-state index in [1.807, 2.05) is 36.4 Å². The Morgan fingerprint density at radius 1 is 0.274 bits per heavy atom. The molecule has 0 aliphatic carbocycles. The van der Waals surface area contributed by atoms with E-state index in [2.05, 4.69) is 187 Å². The second-order valence-corrected chi connectivity index (χ2v) is 15.6. The fourth-order valence-electron chi connectivity index (χ4n) is 8.79. The van der Waals surface area contributed by atoms with Crippen LogP contribution in [0.5, 0.6) is 0 Å². The number of para-hydroxylation sites is 1. The van der Waals surface area contributed by atoms with Gasteiger partial charge in [-0.05, 0) is 81.9 Å². The quantitative estimate of drug-likeness (QED) is 0.161. The molecule has 12 rings (SSSR count). The molecule has 0 fully saturated rings. The van der Waals surface area contributed by atoms with Gasteiger partial charge in [0.25, 0.3) is 0 Å². The Kier molecular flexibility index (Phi) is 8.42. The molecule has 0 aliphatic heterocycles. The van der Waals surface area contributed by atoms with Crippen LogP contribution in [0.25, 0.3) is 117 Å². The topological polar surface area (TPSA) is 56.7 Å². The predicted octanol–water partition coefficient (Wildman–Crippen LogP) is 14.9. The molecule has 9 aromatic carbocycles. The van der Waals surface area contributed by atoms with Crippen molar-refractivity contribution in [3.63, 3.8) is 0 Å². The van der Waals surface area contributed by atoms with Crippen molar-refractivity contribution in [2.24, 2.45) is 0 Å². The molecule has 0 N–H and O–H groups in total. The summed E-state index contributed by atoms with van der Waals surface area (Å²) < 4.78 is 9.09. The first-order chi connectivity index (χ1) is 30.7. The van der Waals surface area contributed by atoms with E-state index in [1.165, 1.54) is 33.0 Å². The molecule has 0 aliphatic rings. The number of furan rings is 1. The van der Waals surface area contributed by atoms with E-state index in [-0.39, 0.29) is 0 Å². The highest BCUT2D eigenvalue weighted by Gasteiger charge is 2.19. The van der Waals surface area contributed by atoms with Gasteiger partial charge >= 0.3 is 0 Å². The standard InChI is InChI=1S/C57H36N4O/c1-4-14-37(15-5-1)41-20-12-21-42(32-41)39-26-29-46(30-27-39)61-51-25-11-10-24-47(51)49-35-50-48-31-28-45(34-53(48)62-54(50)36-52(49)61)57-59-55(40-18-8-3-9-19-40)58-56(60-57)44-23-13-22-43(33-44)38-16-6-2-7-17-38/h1-36H. The second kappa shape index (κ2) is 14.7. The summed E-state index contributed by atoms with van der Waals surface area (Å²) in [5, 5.41) is 4.47. The van der Waals surface area contributed by atoms with Crippen molar-refractivity contribution >= 4 is 43.7 Å². The SMILES string of the molecule is c1ccc(-c2cccc(-c3ccc(-n4c5ccccc5c5cc6c(cc54)oc4cc(-c5nc(-c7ccccc7)nc(-c7cccc(-c8ccccc8)c7)n5)ccc46)cc3)c2)cc1. The Morgan fingerprint density at radius 3 is 1.39 bits per heavy atom. The van der Waals surface area contributed by atoms with Crippen LogP contribution < -0.4 is 0 Å². The van der Waals surface area contributed by atoms with Crippen molar-refractivity contribution in [1.82, 2.24) is 19.5 Å². The minimum Gasteiger partial charge on any atom is -0.456 e. The molecule has 5 heteroatoms. The Morgan fingerprint density at radius 2 is 0.742 bits per heavy atom. The summed E-state index contributed by atoms with van der Waals surface area (Å²) in [6.07, 6.45) is 0. The summed E-state index contributed by atoms with van der Waals surface area (Å²) in [7, 11) is 0. The molecule has 0 atom stereocenters. The van der Waals surface area contributed by atoms with Gasteiger partial charge in [-0.25, -0.2) is 15.0 Å². The monoisotopic (exact) mass is 792 g/mol. The van der Waals surface area contributed by atoms with Gasteiger partial charge in [-0.15, -0.1) is 0 Å². The summed E-state index contributed by atoms with van der Waals surface area (Å²) in [4.78, 5) is 15.1. The van der Waals surface area contributed by atoms with Gasteiger partial charge < -0.3 is 8.98 Å². The van der Waals surface area contributed by atoms with Crippen LogP contribution in [0.2, 0.25) is 0 Å². The van der Waals surface area contributed by atoms with E-state index in [0.29, 0.717) is 17.5 Å². The Bertz CT molecular complexity index is 3610. The third kappa shape index (κ3) is 6.23. The van der Waals surface area contributed by atoms with Crippen molar-refractivity contribution in [1.29, 1.82) is 0 Å². The van der Waals surface area contributed by atoms with E-state index in [4.69, 9.17) is 19.4 Å². The third-order valence-electron chi connectivity index (χ3n) is 11.8. The molecule has 3 aromatic heterocycles. The molecule has 0 saturated heterocycles.